The Bertz CT molecular complexity index is 651. The molecule has 0 atom stereocenters. The van der Waals surface area contributed by atoms with Crippen LogP contribution in [0.2, 0.25) is 0 Å². The highest BCUT2D eigenvalue weighted by Gasteiger charge is 2.52. The molecule has 0 amide bonds. The lowest BCUT2D eigenvalue weighted by Gasteiger charge is -2.32. The summed E-state index contributed by atoms with van der Waals surface area (Å²) in [7, 11) is -0.315. The van der Waals surface area contributed by atoms with Crippen molar-refractivity contribution in [2.24, 2.45) is 0 Å². The molecule has 0 N–H and O–H groups in total. The van der Waals surface area contributed by atoms with Crippen LogP contribution in [0.5, 0.6) is 0 Å². The molecule has 3 rings (SSSR count). The molecule has 0 radical (unpaired) electrons. The van der Waals surface area contributed by atoms with Crippen LogP contribution in [0.4, 0.5) is 0 Å². The predicted molar refractivity (Wildman–Crippen MR) is 82.2 cm³/mol. The Kier molecular flexibility index (Phi) is 2.92. The quantitative estimate of drug-likeness (QED) is 0.746. The van der Waals surface area contributed by atoms with Crippen LogP contribution in [0.15, 0.2) is 30.5 Å². The summed E-state index contributed by atoms with van der Waals surface area (Å²) >= 11 is 0. The Morgan fingerprint density at radius 1 is 1.05 bits per heavy atom. The maximum absolute atomic E-state index is 6.14. The van der Waals surface area contributed by atoms with Crippen molar-refractivity contribution in [3.8, 4) is 0 Å². The van der Waals surface area contributed by atoms with Gasteiger partial charge in [0.1, 0.15) is 0 Å². The zero-order valence-electron chi connectivity index (χ0n) is 12.7. The van der Waals surface area contributed by atoms with Crippen LogP contribution >= 0.6 is 0 Å². The van der Waals surface area contributed by atoms with Crippen LogP contribution in [0.25, 0.3) is 10.9 Å². The average molecular weight is 269 g/mol. The normalized spacial score (nSPS) is 20.6. The minimum atomic E-state index is -0.315. The van der Waals surface area contributed by atoms with Crippen molar-refractivity contribution < 1.29 is 9.31 Å². The van der Waals surface area contributed by atoms with Crippen molar-refractivity contribution in [2.75, 3.05) is 0 Å². The molecule has 1 aromatic carbocycles. The van der Waals surface area contributed by atoms with Gasteiger partial charge >= 0.3 is 7.12 Å². The first-order valence-electron chi connectivity index (χ1n) is 7.01. The zero-order chi connectivity index (χ0) is 14.5. The Hall–Kier alpha value is -1.39. The summed E-state index contributed by atoms with van der Waals surface area (Å²) in [4.78, 5) is 4.39. The summed E-state index contributed by atoms with van der Waals surface area (Å²) in [6.45, 7) is 10.4. The molecular weight excluding hydrogens is 249 g/mol. The molecule has 0 saturated carbocycles. The molecule has 104 valence electrons. The van der Waals surface area contributed by atoms with E-state index in [2.05, 4.69) is 57.8 Å². The van der Waals surface area contributed by atoms with Crippen molar-refractivity contribution in [3.63, 3.8) is 0 Å². The minimum Gasteiger partial charge on any atom is -0.399 e. The van der Waals surface area contributed by atoms with Gasteiger partial charge < -0.3 is 9.31 Å². The fourth-order valence-electron chi connectivity index (χ4n) is 2.47. The van der Waals surface area contributed by atoms with E-state index >= 15 is 0 Å². The van der Waals surface area contributed by atoms with E-state index in [1.54, 1.807) is 0 Å². The number of hydrogen-bond donors (Lipinski definition) is 0. The number of fused-ring (bicyclic) bond motifs is 1. The third kappa shape index (κ3) is 2.04. The SMILES string of the molecule is Cc1cc2ncccc2cc1B1OC(C)(C)C(C)(C)O1. The van der Waals surface area contributed by atoms with Crippen molar-refractivity contribution in [1.82, 2.24) is 4.98 Å². The van der Waals surface area contributed by atoms with Gasteiger partial charge in [0, 0.05) is 6.20 Å². The Morgan fingerprint density at radius 3 is 2.35 bits per heavy atom. The first-order valence-corrected chi connectivity index (χ1v) is 7.01. The van der Waals surface area contributed by atoms with Crippen LogP contribution < -0.4 is 5.46 Å². The molecular formula is C16H20BNO2. The van der Waals surface area contributed by atoms with Gasteiger partial charge in [0.15, 0.2) is 0 Å². The number of hydrogen-bond acceptors (Lipinski definition) is 3. The Balaban J connectivity index is 2.05. The van der Waals surface area contributed by atoms with Crippen LogP contribution in [0, 0.1) is 6.92 Å². The molecule has 1 saturated heterocycles. The van der Waals surface area contributed by atoms with E-state index in [0.29, 0.717) is 0 Å². The molecule has 2 heterocycles. The number of aryl methyl sites for hydroxylation is 1. The molecule has 1 aliphatic rings. The lowest BCUT2D eigenvalue weighted by molar-refractivity contribution is 0.00578. The highest BCUT2D eigenvalue weighted by atomic mass is 16.7. The second-order valence-electron chi connectivity index (χ2n) is 6.49. The number of aromatic nitrogens is 1. The van der Waals surface area contributed by atoms with Gasteiger partial charge in [-0.3, -0.25) is 4.98 Å². The molecule has 2 aromatic rings. The average Bonchev–Trinajstić information content (AvgIpc) is 2.57. The molecule has 1 aromatic heterocycles. The highest BCUT2D eigenvalue weighted by Crippen LogP contribution is 2.36. The van der Waals surface area contributed by atoms with E-state index < -0.39 is 0 Å². The molecule has 1 fully saturated rings. The minimum absolute atomic E-state index is 0.312. The number of benzene rings is 1. The second kappa shape index (κ2) is 4.30. The van der Waals surface area contributed by atoms with Crippen LogP contribution in [-0.4, -0.2) is 23.3 Å². The summed E-state index contributed by atoms with van der Waals surface area (Å²) < 4.78 is 12.3. The van der Waals surface area contributed by atoms with E-state index in [1.165, 1.54) is 0 Å². The fraction of sp³-hybridized carbons (Fsp3) is 0.438. The van der Waals surface area contributed by atoms with Gasteiger partial charge in [0.05, 0.1) is 16.7 Å². The van der Waals surface area contributed by atoms with Crippen LogP contribution in [0.3, 0.4) is 0 Å². The second-order valence-corrected chi connectivity index (χ2v) is 6.49. The number of pyridine rings is 1. The molecule has 1 aliphatic heterocycles. The Morgan fingerprint density at radius 2 is 1.70 bits per heavy atom. The molecule has 0 spiro atoms. The van der Waals surface area contributed by atoms with Crippen molar-refractivity contribution in [3.05, 3.63) is 36.0 Å². The van der Waals surface area contributed by atoms with Gasteiger partial charge in [0.2, 0.25) is 0 Å². The smallest absolute Gasteiger partial charge is 0.399 e. The Labute approximate surface area is 120 Å². The fourth-order valence-corrected chi connectivity index (χ4v) is 2.47. The molecule has 4 heteroatoms. The van der Waals surface area contributed by atoms with E-state index in [-0.39, 0.29) is 18.3 Å². The van der Waals surface area contributed by atoms with Crippen molar-refractivity contribution in [1.29, 1.82) is 0 Å². The van der Waals surface area contributed by atoms with Gasteiger partial charge in [-0.2, -0.15) is 0 Å². The summed E-state index contributed by atoms with van der Waals surface area (Å²) in [5.74, 6) is 0. The topological polar surface area (TPSA) is 31.4 Å². The van der Waals surface area contributed by atoms with E-state index in [0.717, 1.165) is 21.9 Å². The maximum Gasteiger partial charge on any atom is 0.495 e. The third-order valence-corrected chi connectivity index (χ3v) is 4.50. The summed E-state index contributed by atoms with van der Waals surface area (Å²) in [6.07, 6.45) is 1.82. The molecule has 0 unspecified atom stereocenters. The van der Waals surface area contributed by atoms with Gasteiger partial charge in [-0.25, -0.2) is 0 Å². The van der Waals surface area contributed by atoms with Gasteiger partial charge in [-0.1, -0.05) is 12.1 Å². The van der Waals surface area contributed by atoms with Crippen molar-refractivity contribution >= 4 is 23.5 Å². The van der Waals surface area contributed by atoms with Gasteiger partial charge in [0.25, 0.3) is 0 Å². The lowest BCUT2D eigenvalue weighted by atomic mass is 9.75. The first-order chi connectivity index (χ1) is 9.30. The third-order valence-electron chi connectivity index (χ3n) is 4.50. The summed E-state index contributed by atoms with van der Waals surface area (Å²) in [6, 6.07) is 8.23. The predicted octanol–water partition coefficient (Wildman–Crippen LogP) is 2.84. The van der Waals surface area contributed by atoms with E-state index in [1.807, 2.05) is 12.3 Å². The molecule has 20 heavy (non-hydrogen) atoms. The van der Waals surface area contributed by atoms with E-state index in [4.69, 9.17) is 9.31 Å². The molecule has 0 aliphatic carbocycles. The molecule has 0 bridgehead atoms. The zero-order valence-corrected chi connectivity index (χ0v) is 12.7. The lowest BCUT2D eigenvalue weighted by Crippen LogP contribution is -2.41. The maximum atomic E-state index is 6.14. The summed E-state index contributed by atoms with van der Waals surface area (Å²) in [5, 5.41) is 1.11. The van der Waals surface area contributed by atoms with Crippen molar-refractivity contribution in [2.45, 2.75) is 45.8 Å². The van der Waals surface area contributed by atoms with E-state index in [9.17, 15) is 0 Å². The molecule has 3 nitrogen and oxygen atoms in total. The standard InChI is InChI=1S/C16H20BNO2/c1-11-9-14-12(7-6-8-18-14)10-13(11)17-19-15(2,3)16(4,5)20-17/h6-10H,1-5H3. The first kappa shape index (κ1) is 13.6. The number of rotatable bonds is 1. The van der Waals surface area contributed by atoms with Gasteiger partial charge in [-0.05, 0) is 63.2 Å². The monoisotopic (exact) mass is 269 g/mol. The highest BCUT2D eigenvalue weighted by molar-refractivity contribution is 6.63. The van der Waals surface area contributed by atoms with Crippen LogP contribution in [0.1, 0.15) is 33.3 Å². The van der Waals surface area contributed by atoms with Gasteiger partial charge in [-0.15, -0.1) is 0 Å². The summed E-state index contributed by atoms with van der Waals surface area (Å²) in [5.41, 5.74) is 2.62. The number of nitrogens with zero attached hydrogens (tertiary/aromatic N) is 1. The largest absolute Gasteiger partial charge is 0.495 e. The van der Waals surface area contributed by atoms with Crippen LogP contribution in [-0.2, 0) is 9.31 Å².